The topological polar surface area (TPSA) is 4.93 Å². The van der Waals surface area contributed by atoms with Gasteiger partial charge in [-0.15, -0.1) is 11.8 Å². The van der Waals surface area contributed by atoms with Crippen molar-refractivity contribution < 1.29 is 0 Å². The maximum Gasteiger partial charge on any atom is 0.0480 e. The highest BCUT2D eigenvalue weighted by Gasteiger charge is 2.22. The lowest BCUT2D eigenvalue weighted by Crippen LogP contribution is -2.11. The van der Waals surface area contributed by atoms with E-state index in [1.165, 1.54) is 33.3 Å². The van der Waals surface area contributed by atoms with Gasteiger partial charge in [0.05, 0.1) is 0 Å². The van der Waals surface area contributed by atoms with Gasteiger partial charge in [-0.25, -0.2) is 0 Å². The molecule has 2 heterocycles. The molecule has 0 N–H and O–H groups in total. The van der Waals surface area contributed by atoms with Gasteiger partial charge in [-0.05, 0) is 48.6 Å². The van der Waals surface area contributed by atoms with Crippen molar-refractivity contribution in [1.82, 2.24) is 4.57 Å². The van der Waals surface area contributed by atoms with E-state index in [0.717, 1.165) is 6.54 Å². The zero-order valence-corrected chi connectivity index (χ0v) is 12.4. The van der Waals surface area contributed by atoms with Gasteiger partial charge in [0.25, 0.3) is 0 Å². The summed E-state index contributed by atoms with van der Waals surface area (Å²) in [6.07, 6.45) is 3.42. The van der Waals surface area contributed by atoms with E-state index in [9.17, 15) is 0 Å². The van der Waals surface area contributed by atoms with Crippen molar-refractivity contribution in [3.63, 3.8) is 0 Å². The Morgan fingerprint density at radius 2 is 2.05 bits per heavy atom. The van der Waals surface area contributed by atoms with Crippen molar-refractivity contribution in [2.75, 3.05) is 0 Å². The molecule has 1 aliphatic heterocycles. The smallest absolute Gasteiger partial charge is 0.0480 e. The molecule has 1 aromatic heterocycles. The number of rotatable bonds is 2. The second-order valence-corrected chi connectivity index (χ2v) is 6.92. The zero-order valence-electron chi connectivity index (χ0n) is 11.5. The normalized spacial score (nSPS) is 17.6. The maximum absolute atomic E-state index is 2.40. The average molecular weight is 279 g/mol. The molecule has 0 fully saturated rings. The minimum absolute atomic E-state index is 0.657. The number of thioether (sulfide) groups is 1. The van der Waals surface area contributed by atoms with Gasteiger partial charge in [0, 0.05) is 28.4 Å². The second-order valence-electron chi connectivity index (χ2n) is 5.58. The number of hydrogen-bond acceptors (Lipinski definition) is 1. The molecule has 0 radical (unpaired) electrons. The number of fused-ring (bicyclic) bond motifs is 2. The lowest BCUT2D eigenvalue weighted by molar-refractivity contribution is 0.685. The summed E-state index contributed by atoms with van der Waals surface area (Å²) < 4.78 is 2.40. The Labute approximate surface area is 123 Å². The molecule has 20 heavy (non-hydrogen) atoms. The van der Waals surface area contributed by atoms with Crippen LogP contribution < -0.4 is 0 Å². The molecule has 1 aliphatic rings. The first-order chi connectivity index (χ1) is 9.79. The van der Waals surface area contributed by atoms with Crippen LogP contribution in [0.5, 0.6) is 0 Å². The Morgan fingerprint density at radius 3 is 2.95 bits per heavy atom. The van der Waals surface area contributed by atoms with Crippen LogP contribution >= 0.6 is 11.8 Å². The van der Waals surface area contributed by atoms with Gasteiger partial charge < -0.3 is 4.57 Å². The molecule has 2 heteroatoms. The van der Waals surface area contributed by atoms with E-state index in [1.54, 1.807) is 0 Å². The number of nitrogens with zero attached hydrogens (tertiary/aromatic N) is 1. The van der Waals surface area contributed by atoms with Gasteiger partial charge in [-0.1, -0.05) is 29.8 Å². The molecular formula is C18H17NS. The van der Waals surface area contributed by atoms with Gasteiger partial charge in [0.15, 0.2) is 0 Å². The summed E-state index contributed by atoms with van der Waals surface area (Å²) >= 11 is 2.03. The molecule has 0 bridgehead atoms. The van der Waals surface area contributed by atoms with Crippen LogP contribution in [0.4, 0.5) is 0 Å². The molecule has 1 nitrogen and oxygen atoms in total. The van der Waals surface area contributed by atoms with Gasteiger partial charge >= 0.3 is 0 Å². The lowest BCUT2D eigenvalue weighted by atomic mass is 10.1. The first-order valence-corrected chi connectivity index (χ1v) is 7.97. The Morgan fingerprint density at radius 1 is 1.15 bits per heavy atom. The Kier molecular flexibility index (Phi) is 2.85. The number of benzene rings is 2. The highest BCUT2D eigenvalue weighted by Crippen LogP contribution is 2.37. The fraction of sp³-hybridized carbons (Fsp3) is 0.222. The van der Waals surface area contributed by atoms with E-state index in [2.05, 4.69) is 66.2 Å². The van der Waals surface area contributed by atoms with Crippen LogP contribution in [0.2, 0.25) is 0 Å². The molecular weight excluding hydrogens is 262 g/mol. The number of aromatic nitrogens is 1. The van der Waals surface area contributed by atoms with Crippen LogP contribution in [-0.4, -0.2) is 9.82 Å². The summed E-state index contributed by atoms with van der Waals surface area (Å²) in [6.45, 7) is 3.24. The summed E-state index contributed by atoms with van der Waals surface area (Å²) in [4.78, 5) is 1.46. The molecule has 0 aliphatic carbocycles. The van der Waals surface area contributed by atoms with Crippen LogP contribution in [0.15, 0.2) is 59.6 Å². The molecule has 1 unspecified atom stereocenters. The molecule has 0 saturated heterocycles. The summed E-state index contributed by atoms with van der Waals surface area (Å²) in [5, 5.41) is 2.01. The van der Waals surface area contributed by atoms with Gasteiger partial charge in [0.2, 0.25) is 0 Å². The number of aryl methyl sites for hydroxylation is 1. The van der Waals surface area contributed by atoms with E-state index >= 15 is 0 Å². The summed E-state index contributed by atoms with van der Waals surface area (Å²) in [5.74, 6) is 0. The fourth-order valence-corrected chi connectivity index (χ4v) is 4.37. The molecule has 1 atom stereocenters. The average Bonchev–Trinajstić information content (AvgIpc) is 3.02. The van der Waals surface area contributed by atoms with Crippen LogP contribution in [0, 0.1) is 6.92 Å². The predicted molar refractivity (Wildman–Crippen MR) is 86.5 cm³/mol. The Hall–Kier alpha value is -1.67. The molecule has 0 spiro atoms. The van der Waals surface area contributed by atoms with Crippen molar-refractivity contribution >= 4 is 22.7 Å². The molecule has 100 valence electrons. The third kappa shape index (κ3) is 2.04. The van der Waals surface area contributed by atoms with Crippen LogP contribution in [0.25, 0.3) is 10.9 Å². The molecule has 0 amide bonds. The van der Waals surface area contributed by atoms with Crippen LogP contribution in [-0.2, 0) is 13.0 Å². The van der Waals surface area contributed by atoms with Crippen molar-refractivity contribution in [2.45, 2.75) is 30.0 Å². The first-order valence-electron chi connectivity index (χ1n) is 7.10. The fourth-order valence-electron chi connectivity index (χ4n) is 3.05. The monoisotopic (exact) mass is 279 g/mol. The van der Waals surface area contributed by atoms with Crippen LogP contribution in [0.3, 0.4) is 0 Å². The highest BCUT2D eigenvalue weighted by atomic mass is 32.2. The van der Waals surface area contributed by atoms with E-state index in [-0.39, 0.29) is 0 Å². The third-order valence-electron chi connectivity index (χ3n) is 4.04. The second kappa shape index (κ2) is 4.71. The summed E-state index contributed by atoms with van der Waals surface area (Å²) in [5.41, 5.74) is 4.19. The van der Waals surface area contributed by atoms with E-state index < -0.39 is 0 Å². The largest absolute Gasteiger partial charge is 0.346 e. The van der Waals surface area contributed by atoms with Crippen molar-refractivity contribution in [3.05, 3.63) is 65.9 Å². The minimum atomic E-state index is 0.657. The highest BCUT2D eigenvalue weighted by molar-refractivity contribution is 8.00. The maximum atomic E-state index is 2.40. The minimum Gasteiger partial charge on any atom is -0.346 e. The van der Waals surface area contributed by atoms with Gasteiger partial charge in [-0.3, -0.25) is 0 Å². The third-order valence-corrected chi connectivity index (χ3v) is 5.34. The zero-order chi connectivity index (χ0) is 13.5. The molecule has 2 aromatic carbocycles. The van der Waals surface area contributed by atoms with E-state index in [4.69, 9.17) is 0 Å². The van der Waals surface area contributed by atoms with Crippen molar-refractivity contribution in [1.29, 1.82) is 0 Å². The molecule has 4 rings (SSSR count). The van der Waals surface area contributed by atoms with E-state index in [0.29, 0.717) is 5.25 Å². The van der Waals surface area contributed by atoms with Gasteiger partial charge in [-0.2, -0.15) is 0 Å². The quantitative estimate of drug-likeness (QED) is 0.660. The van der Waals surface area contributed by atoms with E-state index in [1.807, 2.05) is 11.8 Å². The van der Waals surface area contributed by atoms with Gasteiger partial charge in [0.1, 0.15) is 0 Å². The summed E-state index contributed by atoms with van der Waals surface area (Å²) in [6, 6.07) is 17.7. The Bertz CT molecular complexity index is 747. The van der Waals surface area contributed by atoms with Crippen molar-refractivity contribution in [2.24, 2.45) is 0 Å². The standard InChI is InChI=1S/C18H17NS/c1-13-6-7-17-14(10-13)8-9-19(17)12-16-11-15-4-2-3-5-18(15)20-16/h2-10,16H,11-12H2,1H3. The summed E-state index contributed by atoms with van der Waals surface area (Å²) in [7, 11) is 0. The molecule has 0 saturated carbocycles. The number of hydrogen-bond donors (Lipinski definition) is 0. The SMILES string of the molecule is Cc1ccc2c(ccn2CC2Cc3ccccc3S2)c1. The predicted octanol–water partition coefficient (Wildman–Crippen LogP) is 4.67. The van der Waals surface area contributed by atoms with Crippen molar-refractivity contribution in [3.8, 4) is 0 Å². The molecule has 3 aromatic rings. The Balaban J connectivity index is 1.60. The van der Waals surface area contributed by atoms with Crippen LogP contribution in [0.1, 0.15) is 11.1 Å². The first kappa shape index (κ1) is 12.1. The lowest BCUT2D eigenvalue weighted by Gasteiger charge is -2.11.